The summed E-state index contributed by atoms with van der Waals surface area (Å²) in [5.41, 5.74) is -0.484. The summed E-state index contributed by atoms with van der Waals surface area (Å²) in [6.45, 7) is 4.47. The fourth-order valence-electron chi connectivity index (χ4n) is 6.35. The molecule has 1 amide bonds. The van der Waals surface area contributed by atoms with E-state index in [4.69, 9.17) is 9.47 Å². The maximum Gasteiger partial charge on any atom is 0.351 e. The van der Waals surface area contributed by atoms with E-state index < -0.39 is 11.9 Å². The molecule has 8 nitrogen and oxygen atoms in total. The number of nitrogens with one attached hydrogen (secondary N) is 1. The Kier molecular flexibility index (Phi) is 32.7. The first kappa shape index (κ1) is 52.3. The average Bonchev–Trinajstić information content (AvgIpc) is 3.73. The number of anilines is 1. The van der Waals surface area contributed by atoms with Crippen LogP contribution in [-0.4, -0.2) is 34.1 Å². The maximum absolute atomic E-state index is 12.8. The molecule has 2 atom stereocenters. The van der Waals surface area contributed by atoms with Gasteiger partial charge < -0.3 is 14.8 Å². The molecule has 0 aliphatic carbocycles. The van der Waals surface area contributed by atoms with Crippen molar-refractivity contribution in [1.29, 1.82) is 0 Å². The van der Waals surface area contributed by atoms with Crippen molar-refractivity contribution in [2.45, 2.75) is 167 Å². The molecule has 1 N–H and O–H groups in total. The van der Waals surface area contributed by atoms with E-state index in [1.807, 2.05) is 0 Å². The van der Waals surface area contributed by atoms with Gasteiger partial charge >= 0.3 is 11.7 Å². The Balaban J connectivity index is 1.48. The summed E-state index contributed by atoms with van der Waals surface area (Å²) in [5.74, 6) is -0.124. The second-order valence-corrected chi connectivity index (χ2v) is 15.1. The van der Waals surface area contributed by atoms with Crippen molar-refractivity contribution < 1.29 is 19.1 Å². The van der Waals surface area contributed by atoms with Gasteiger partial charge in [-0.1, -0.05) is 148 Å². The molecule has 1 aromatic heterocycles. The zero-order valence-electron chi connectivity index (χ0n) is 37.6. The van der Waals surface area contributed by atoms with Gasteiger partial charge in [-0.2, -0.15) is 4.98 Å². The average molecular weight is 836 g/mol. The first-order valence-electron chi connectivity index (χ1n) is 23.2. The lowest BCUT2D eigenvalue weighted by Gasteiger charge is -2.16. The highest BCUT2D eigenvalue weighted by Crippen LogP contribution is 2.27. The Bertz CT molecular complexity index is 1670. The van der Waals surface area contributed by atoms with Crippen LogP contribution in [0, 0.1) is 0 Å². The maximum atomic E-state index is 12.8. The minimum atomic E-state index is -0.484. The third-order valence-electron chi connectivity index (χ3n) is 9.76. The monoisotopic (exact) mass is 836 g/mol. The number of hydrogen-bond acceptors (Lipinski definition) is 6. The zero-order chi connectivity index (χ0) is 43.7. The number of carbonyl (C=O) groups is 2. The molecule has 1 fully saturated rings. The number of nitrogens with zero attached hydrogens (tertiary/aromatic N) is 2. The van der Waals surface area contributed by atoms with Crippen LogP contribution < -0.4 is 11.0 Å². The minimum Gasteiger partial charge on any atom is -0.463 e. The van der Waals surface area contributed by atoms with Crippen LogP contribution in [0.4, 0.5) is 5.82 Å². The summed E-state index contributed by atoms with van der Waals surface area (Å²) in [7, 11) is 0. The largest absolute Gasteiger partial charge is 0.463 e. The number of carbonyl (C=O) groups excluding carboxylic acids is 2. The lowest BCUT2D eigenvalue weighted by atomic mass is 10.1. The number of esters is 1. The number of allylic oxidation sites excluding steroid dienone is 20. The highest BCUT2D eigenvalue weighted by molar-refractivity contribution is 5.89. The van der Waals surface area contributed by atoms with Crippen molar-refractivity contribution in [2.75, 3.05) is 11.9 Å². The minimum absolute atomic E-state index is 0.149. The van der Waals surface area contributed by atoms with Crippen LogP contribution in [0.1, 0.15) is 161 Å². The number of hydrogen-bond donors (Lipinski definition) is 1. The van der Waals surface area contributed by atoms with Crippen molar-refractivity contribution in [3.8, 4) is 0 Å². The van der Waals surface area contributed by atoms with Crippen LogP contribution in [-0.2, 0) is 19.1 Å². The molecule has 334 valence electrons. The molecule has 1 aliphatic heterocycles. The van der Waals surface area contributed by atoms with Crippen LogP contribution in [0.15, 0.2) is 139 Å². The molecule has 8 heteroatoms. The quantitative estimate of drug-likeness (QED) is 0.0422. The molecule has 1 saturated heterocycles. The van der Waals surface area contributed by atoms with Crippen LogP contribution in [0.25, 0.3) is 0 Å². The van der Waals surface area contributed by atoms with Crippen molar-refractivity contribution in [1.82, 2.24) is 9.55 Å². The van der Waals surface area contributed by atoms with Crippen LogP contribution in [0.5, 0.6) is 0 Å². The van der Waals surface area contributed by atoms with E-state index in [2.05, 4.69) is 146 Å². The van der Waals surface area contributed by atoms with E-state index in [1.165, 1.54) is 4.57 Å². The normalized spacial score (nSPS) is 16.4. The Labute approximate surface area is 368 Å². The number of ether oxygens (including phenoxy) is 2. The van der Waals surface area contributed by atoms with Crippen molar-refractivity contribution in [3.63, 3.8) is 0 Å². The van der Waals surface area contributed by atoms with Gasteiger partial charge in [-0.3, -0.25) is 14.2 Å². The van der Waals surface area contributed by atoms with Gasteiger partial charge in [0.2, 0.25) is 5.91 Å². The Morgan fingerprint density at radius 2 is 1.07 bits per heavy atom. The molecular formula is C53H77N3O5. The lowest BCUT2D eigenvalue weighted by molar-refractivity contribution is -0.148. The molecule has 0 saturated carbocycles. The summed E-state index contributed by atoms with van der Waals surface area (Å²) in [6.07, 6.45) is 64.5. The van der Waals surface area contributed by atoms with Crippen molar-refractivity contribution in [3.05, 3.63) is 144 Å². The van der Waals surface area contributed by atoms with Gasteiger partial charge in [0.1, 0.15) is 18.7 Å². The van der Waals surface area contributed by atoms with Crippen LogP contribution in [0.2, 0.25) is 0 Å². The topological polar surface area (TPSA) is 99.5 Å². The third kappa shape index (κ3) is 30.0. The molecule has 0 bridgehead atoms. The SMILES string of the molecule is CCC=CCC=CCC=CCC=CCC=CCCCCCC(=O)OC[C@@H]1CC[C@@H](n2ccc(NC(=O)CCCCC/C=C\C/C=C\C/C=C\C/C=C\C/C=C\CC)nc2=O)O1. The van der Waals surface area contributed by atoms with E-state index in [-0.39, 0.29) is 30.4 Å². The predicted octanol–water partition coefficient (Wildman–Crippen LogP) is 13.8. The summed E-state index contributed by atoms with van der Waals surface area (Å²) >= 11 is 0. The third-order valence-corrected chi connectivity index (χ3v) is 9.76. The van der Waals surface area contributed by atoms with E-state index in [0.717, 1.165) is 116 Å². The van der Waals surface area contributed by atoms with Gasteiger partial charge in [0.15, 0.2) is 0 Å². The highest BCUT2D eigenvalue weighted by Gasteiger charge is 2.28. The van der Waals surface area contributed by atoms with Gasteiger partial charge in [-0.05, 0) is 122 Å². The van der Waals surface area contributed by atoms with Crippen LogP contribution in [0.3, 0.4) is 0 Å². The van der Waals surface area contributed by atoms with Crippen molar-refractivity contribution in [2.24, 2.45) is 0 Å². The number of aromatic nitrogens is 2. The molecule has 2 heterocycles. The molecule has 0 unspecified atom stereocenters. The van der Waals surface area contributed by atoms with E-state index in [9.17, 15) is 14.4 Å². The first-order valence-corrected chi connectivity index (χ1v) is 23.2. The standard InChI is InChI=1S/C53H77N3O5/c1-3-5-7-9-11-13-15-17-19-21-23-25-27-29-31-33-35-37-39-41-50(57)54-49-45-46-56(53(59)55-49)51-44-43-48(61-51)47-60-52(58)42-40-38-36-34-32-30-28-26-24-22-20-18-16-14-12-10-8-6-4-2/h5-8,11-14,17-20,23-26,29-32,45-46,48,51H,3-4,9-10,15-16,21-22,27-28,33-44,47H2,1-2H3,(H,54,55,57,59)/b7-5-,8-6?,13-11-,14-12?,19-17-,20-18?,25-23-,26-24?,31-29-,32-30?/t48-,51-/m0/s1. The van der Waals surface area contributed by atoms with Gasteiger partial charge in [0, 0.05) is 19.0 Å². The number of rotatable bonds is 34. The predicted molar refractivity (Wildman–Crippen MR) is 256 cm³/mol. The first-order chi connectivity index (χ1) is 30.0. The number of unbranched alkanes of at least 4 members (excludes halogenated alkanes) is 6. The molecule has 0 aromatic carbocycles. The van der Waals surface area contributed by atoms with Crippen LogP contribution >= 0.6 is 0 Å². The Hall–Kier alpha value is -4.82. The summed E-state index contributed by atoms with van der Waals surface area (Å²) in [5, 5.41) is 2.75. The molecule has 1 aromatic rings. The van der Waals surface area contributed by atoms with E-state index in [0.29, 0.717) is 25.7 Å². The van der Waals surface area contributed by atoms with Gasteiger partial charge in [-0.15, -0.1) is 0 Å². The lowest BCUT2D eigenvalue weighted by Crippen LogP contribution is -2.29. The van der Waals surface area contributed by atoms with Gasteiger partial charge in [0.25, 0.3) is 0 Å². The summed E-state index contributed by atoms with van der Waals surface area (Å²) in [4.78, 5) is 41.6. The fraction of sp³-hybridized carbons (Fsp3) is 0.509. The smallest absolute Gasteiger partial charge is 0.351 e. The van der Waals surface area contributed by atoms with Gasteiger partial charge in [0.05, 0.1) is 6.10 Å². The molecule has 0 spiro atoms. The molecular weight excluding hydrogens is 759 g/mol. The van der Waals surface area contributed by atoms with Gasteiger partial charge in [-0.25, -0.2) is 4.79 Å². The Morgan fingerprint density at radius 3 is 1.52 bits per heavy atom. The fourth-order valence-corrected chi connectivity index (χ4v) is 6.35. The Morgan fingerprint density at radius 1 is 0.623 bits per heavy atom. The van der Waals surface area contributed by atoms with Crippen molar-refractivity contribution >= 4 is 17.7 Å². The second-order valence-electron chi connectivity index (χ2n) is 15.1. The molecule has 2 rings (SSSR count). The molecule has 1 aliphatic rings. The molecule has 0 radical (unpaired) electrons. The molecule has 61 heavy (non-hydrogen) atoms. The summed E-state index contributed by atoms with van der Waals surface area (Å²) < 4.78 is 12.9. The zero-order valence-corrected chi connectivity index (χ0v) is 37.6. The van der Waals surface area contributed by atoms with E-state index in [1.54, 1.807) is 12.3 Å². The second kappa shape index (κ2) is 38.1. The summed E-state index contributed by atoms with van der Waals surface area (Å²) in [6, 6.07) is 1.62. The highest BCUT2D eigenvalue weighted by atomic mass is 16.6. The number of amides is 1. The van der Waals surface area contributed by atoms with E-state index >= 15 is 0 Å².